The van der Waals surface area contributed by atoms with Gasteiger partial charge >= 0.3 is 0 Å². The molecule has 0 spiro atoms. The highest BCUT2D eigenvalue weighted by Gasteiger charge is 2.29. The van der Waals surface area contributed by atoms with Crippen molar-refractivity contribution in [3.63, 3.8) is 0 Å². The van der Waals surface area contributed by atoms with Crippen molar-refractivity contribution in [3.8, 4) is 0 Å². The van der Waals surface area contributed by atoms with E-state index >= 15 is 0 Å². The lowest BCUT2D eigenvalue weighted by Crippen LogP contribution is -2.35. The number of aromatic nitrogens is 2. The molecule has 1 saturated heterocycles. The second kappa shape index (κ2) is 9.13. The van der Waals surface area contributed by atoms with Crippen molar-refractivity contribution in [2.45, 2.75) is 64.0 Å². The number of benzene rings is 1. The maximum absolute atomic E-state index is 13.5. The molecular weight excluding hydrogens is 404 g/mol. The summed E-state index contributed by atoms with van der Waals surface area (Å²) in [4.78, 5) is 23.7. The Kier molecular flexibility index (Phi) is 6.10. The summed E-state index contributed by atoms with van der Waals surface area (Å²) in [5, 5.41) is 2.06. The Morgan fingerprint density at radius 1 is 1.13 bits per heavy atom. The van der Waals surface area contributed by atoms with Gasteiger partial charge in [0.15, 0.2) is 10.7 Å². The van der Waals surface area contributed by atoms with E-state index in [0.717, 1.165) is 49.6 Å². The first-order valence-corrected chi connectivity index (χ1v) is 12.6. The summed E-state index contributed by atoms with van der Waals surface area (Å²) in [5.41, 5.74) is 4.60. The van der Waals surface area contributed by atoms with Crippen LogP contribution >= 0.6 is 11.3 Å². The van der Waals surface area contributed by atoms with Crippen LogP contribution in [0.5, 0.6) is 0 Å². The Bertz CT molecular complexity index is 1050. The number of aryl methyl sites for hydroxylation is 1. The fraction of sp³-hybridized carbons (Fsp3) is 0.520. The molecule has 0 N–H and O–H groups in total. The van der Waals surface area contributed by atoms with Gasteiger partial charge < -0.3 is 4.90 Å². The van der Waals surface area contributed by atoms with Gasteiger partial charge in [-0.15, -0.1) is 11.3 Å². The molecule has 1 fully saturated rings. The number of imidazole rings is 1. The maximum atomic E-state index is 13.5. The number of nitrogens with zero attached hydrogens (tertiary/aromatic N) is 4. The summed E-state index contributed by atoms with van der Waals surface area (Å²) >= 11 is 1.61. The van der Waals surface area contributed by atoms with Gasteiger partial charge in [0, 0.05) is 37.3 Å². The third-order valence-corrected chi connectivity index (χ3v) is 7.73. The van der Waals surface area contributed by atoms with Crippen LogP contribution in [0.25, 0.3) is 4.96 Å². The van der Waals surface area contributed by atoms with E-state index in [1.165, 1.54) is 43.2 Å². The highest BCUT2D eigenvalue weighted by Crippen LogP contribution is 2.34. The fourth-order valence-corrected chi connectivity index (χ4v) is 6.02. The molecule has 0 unspecified atom stereocenters. The quantitative estimate of drug-likeness (QED) is 0.556. The molecule has 5 nitrogen and oxygen atoms in total. The molecule has 0 bridgehead atoms. The first-order valence-electron chi connectivity index (χ1n) is 11.7. The second-order valence-electron chi connectivity index (χ2n) is 9.04. The minimum atomic E-state index is 0.116. The Hall–Kier alpha value is -2.18. The van der Waals surface area contributed by atoms with Gasteiger partial charge in [-0.2, -0.15) is 0 Å². The molecule has 3 aromatic rings. The Morgan fingerprint density at radius 2 is 1.90 bits per heavy atom. The van der Waals surface area contributed by atoms with Gasteiger partial charge in [-0.25, -0.2) is 4.98 Å². The van der Waals surface area contributed by atoms with Gasteiger partial charge in [-0.3, -0.25) is 14.1 Å². The summed E-state index contributed by atoms with van der Waals surface area (Å²) in [5.74, 6) is 0.116. The van der Waals surface area contributed by atoms with Gasteiger partial charge in [-0.05, 0) is 50.3 Å². The third-order valence-electron chi connectivity index (χ3n) is 6.98. The highest BCUT2D eigenvalue weighted by atomic mass is 32.1. The number of carbonyl (C=O) groups is 1. The molecule has 1 aliphatic carbocycles. The third kappa shape index (κ3) is 4.15. The molecule has 5 rings (SSSR count). The number of hydrogen-bond donors (Lipinski definition) is 0. The first-order chi connectivity index (χ1) is 15.2. The van der Waals surface area contributed by atoms with E-state index in [4.69, 9.17) is 4.98 Å². The summed E-state index contributed by atoms with van der Waals surface area (Å²) in [7, 11) is 2.20. The lowest BCUT2D eigenvalue weighted by molar-refractivity contribution is 0.0734. The number of thiazole rings is 1. The van der Waals surface area contributed by atoms with E-state index in [0.29, 0.717) is 11.7 Å². The van der Waals surface area contributed by atoms with Crippen LogP contribution in [0, 0.1) is 0 Å². The summed E-state index contributed by atoms with van der Waals surface area (Å²) < 4.78 is 2.13. The zero-order chi connectivity index (χ0) is 21.2. The number of carbonyl (C=O) groups excluding carboxylic acids is 1. The number of rotatable bonds is 4. The van der Waals surface area contributed by atoms with Gasteiger partial charge in [0.1, 0.15) is 0 Å². The molecule has 164 valence electrons. The normalized spacial score (nSPS) is 19.9. The van der Waals surface area contributed by atoms with Crippen LogP contribution in [0.2, 0.25) is 0 Å². The molecule has 0 saturated carbocycles. The number of amides is 1. The van der Waals surface area contributed by atoms with Crippen molar-refractivity contribution in [1.29, 1.82) is 0 Å². The molecule has 1 aromatic carbocycles. The Labute approximate surface area is 188 Å². The second-order valence-corrected chi connectivity index (χ2v) is 9.92. The van der Waals surface area contributed by atoms with Crippen LogP contribution in [0.4, 0.5) is 0 Å². The Morgan fingerprint density at radius 3 is 2.74 bits per heavy atom. The van der Waals surface area contributed by atoms with Crippen LogP contribution in [-0.2, 0) is 13.0 Å². The molecule has 1 amide bonds. The molecule has 1 aliphatic heterocycles. The SMILES string of the molecule is CN(Cc1c(C(=O)N2CCCCCCC2)nc2sccn12)[C@H]1CCCc2ccccc21. The van der Waals surface area contributed by atoms with E-state index < -0.39 is 0 Å². The molecule has 31 heavy (non-hydrogen) atoms. The van der Waals surface area contributed by atoms with Crippen LogP contribution in [0.1, 0.15) is 78.3 Å². The van der Waals surface area contributed by atoms with Crippen molar-refractivity contribution in [2.75, 3.05) is 20.1 Å². The van der Waals surface area contributed by atoms with Crippen molar-refractivity contribution >= 4 is 22.2 Å². The lowest BCUT2D eigenvalue weighted by atomic mass is 9.87. The van der Waals surface area contributed by atoms with E-state index in [1.807, 2.05) is 4.90 Å². The van der Waals surface area contributed by atoms with Gasteiger partial charge in [-0.1, -0.05) is 43.5 Å². The van der Waals surface area contributed by atoms with Crippen molar-refractivity contribution in [2.24, 2.45) is 0 Å². The minimum Gasteiger partial charge on any atom is -0.337 e. The van der Waals surface area contributed by atoms with Crippen LogP contribution in [-0.4, -0.2) is 45.2 Å². The maximum Gasteiger partial charge on any atom is 0.274 e. The molecule has 0 radical (unpaired) electrons. The van der Waals surface area contributed by atoms with Gasteiger partial charge in [0.25, 0.3) is 5.91 Å². The number of hydrogen-bond acceptors (Lipinski definition) is 4. The van der Waals surface area contributed by atoms with Crippen LogP contribution < -0.4 is 0 Å². The average molecular weight is 437 g/mol. The van der Waals surface area contributed by atoms with Gasteiger partial charge in [0.05, 0.1) is 5.69 Å². The van der Waals surface area contributed by atoms with Crippen molar-refractivity contribution < 1.29 is 4.79 Å². The molecular formula is C25H32N4OS. The van der Waals surface area contributed by atoms with E-state index in [1.54, 1.807) is 11.3 Å². The standard InChI is InChI=1S/C25H32N4OS/c1-27(21-13-9-11-19-10-5-6-12-20(19)21)18-22-23(26-25-29(22)16-17-31-25)24(30)28-14-7-3-2-4-8-15-28/h5-6,10,12,16-17,21H,2-4,7-9,11,13-15,18H2,1H3/t21-/m0/s1. The van der Waals surface area contributed by atoms with E-state index in [9.17, 15) is 4.79 Å². The number of likely N-dealkylation sites (tertiary alicyclic amines) is 1. The number of fused-ring (bicyclic) bond motifs is 2. The predicted molar refractivity (Wildman–Crippen MR) is 126 cm³/mol. The van der Waals surface area contributed by atoms with E-state index in [-0.39, 0.29) is 5.91 Å². The summed E-state index contributed by atoms with van der Waals surface area (Å²) in [6.07, 6.45) is 11.5. The zero-order valence-corrected chi connectivity index (χ0v) is 19.2. The molecule has 2 aliphatic rings. The van der Waals surface area contributed by atoms with Crippen LogP contribution in [0.3, 0.4) is 0 Å². The largest absolute Gasteiger partial charge is 0.337 e. The monoisotopic (exact) mass is 436 g/mol. The van der Waals surface area contributed by atoms with Crippen LogP contribution in [0.15, 0.2) is 35.8 Å². The molecule has 6 heteroatoms. The first kappa shape index (κ1) is 20.7. The molecule has 2 aromatic heterocycles. The van der Waals surface area contributed by atoms with Crippen molar-refractivity contribution in [3.05, 3.63) is 58.4 Å². The Balaban J connectivity index is 1.43. The average Bonchev–Trinajstić information content (AvgIpc) is 3.35. The fourth-order valence-electron chi connectivity index (χ4n) is 5.29. The van der Waals surface area contributed by atoms with Crippen molar-refractivity contribution in [1.82, 2.24) is 19.2 Å². The highest BCUT2D eigenvalue weighted by molar-refractivity contribution is 7.15. The molecule has 3 heterocycles. The minimum absolute atomic E-state index is 0.116. The van der Waals surface area contributed by atoms with Gasteiger partial charge in [0.2, 0.25) is 0 Å². The predicted octanol–water partition coefficient (Wildman–Crippen LogP) is 5.31. The zero-order valence-electron chi connectivity index (χ0n) is 18.4. The molecule has 1 atom stereocenters. The van der Waals surface area contributed by atoms with E-state index in [2.05, 4.69) is 52.2 Å². The topological polar surface area (TPSA) is 40.9 Å². The lowest BCUT2D eigenvalue weighted by Gasteiger charge is -2.33. The summed E-state index contributed by atoms with van der Waals surface area (Å²) in [6, 6.07) is 9.23. The summed E-state index contributed by atoms with van der Waals surface area (Å²) in [6.45, 7) is 2.44. The smallest absolute Gasteiger partial charge is 0.274 e.